The van der Waals surface area contributed by atoms with Gasteiger partial charge >= 0.3 is 0 Å². The Morgan fingerprint density at radius 3 is 2.09 bits per heavy atom. The van der Waals surface area contributed by atoms with Crippen LogP contribution >= 0.6 is 0 Å². The van der Waals surface area contributed by atoms with Crippen LogP contribution < -0.4 is 14.2 Å². The Hall–Kier alpha value is -2.98. The molecule has 2 unspecified atom stereocenters. The second-order valence-electron chi connectivity index (χ2n) is 9.09. The highest BCUT2D eigenvalue weighted by Crippen LogP contribution is 2.49. The van der Waals surface area contributed by atoms with Crippen molar-refractivity contribution < 1.29 is 14.2 Å². The van der Waals surface area contributed by atoms with Gasteiger partial charge in [-0.25, -0.2) is 0 Å². The molecule has 0 N–H and O–H groups in total. The van der Waals surface area contributed by atoms with Gasteiger partial charge in [0.1, 0.15) is 23.9 Å². The van der Waals surface area contributed by atoms with Gasteiger partial charge in [-0.2, -0.15) is 0 Å². The molecule has 4 heteroatoms. The Morgan fingerprint density at radius 1 is 0.758 bits per heavy atom. The molecule has 0 amide bonds. The van der Waals surface area contributed by atoms with Crippen LogP contribution in [0.5, 0.6) is 17.2 Å². The lowest BCUT2D eigenvalue weighted by atomic mass is 9.82. The number of hydrogen-bond acceptors (Lipinski definition) is 4. The molecule has 2 aliphatic rings. The minimum Gasteiger partial charge on any atom is -0.497 e. The standard InChI is InChI=1S/C29H33NO3/c1-31-24-9-5-21(6-10-24)28-20-23-19-26(32-2)13-14-27(23)29(28)22-7-11-25(12-8-22)33-18-17-30-15-3-4-16-30/h5-14,19,28-29H,3-4,15-18,20H2,1-2H3. The average molecular weight is 444 g/mol. The third kappa shape index (κ3) is 4.72. The summed E-state index contributed by atoms with van der Waals surface area (Å²) in [6.45, 7) is 4.18. The van der Waals surface area contributed by atoms with E-state index in [1.807, 2.05) is 0 Å². The Morgan fingerprint density at radius 2 is 1.39 bits per heavy atom. The van der Waals surface area contributed by atoms with Crippen LogP contribution in [0.25, 0.3) is 0 Å². The zero-order chi connectivity index (χ0) is 22.6. The molecule has 2 atom stereocenters. The minimum absolute atomic E-state index is 0.304. The molecule has 4 nitrogen and oxygen atoms in total. The van der Waals surface area contributed by atoms with Crippen molar-refractivity contribution in [3.05, 3.63) is 89.0 Å². The van der Waals surface area contributed by atoms with E-state index in [4.69, 9.17) is 14.2 Å². The first-order valence-corrected chi connectivity index (χ1v) is 12.0. The first-order chi connectivity index (χ1) is 16.2. The third-order valence-electron chi connectivity index (χ3n) is 7.19. The minimum atomic E-state index is 0.304. The lowest BCUT2D eigenvalue weighted by Gasteiger charge is -2.22. The zero-order valence-corrected chi connectivity index (χ0v) is 19.6. The molecule has 5 rings (SSSR count). The lowest BCUT2D eigenvalue weighted by Crippen LogP contribution is -2.25. The van der Waals surface area contributed by atoms with Gasteiger partial charge in [0.2, 0.25) is 0 Å². The van der Waals surface area contributed by atoms with Gasteiger partial charge < -0.3 is 14.2 Å². The van der Waals surface area contributed by atoms with Crippen LogP contribution in [0.3, 0.4) is 0 Å². The van der Waals surface area contributed by atoms with Crippen LogP contribution in [0.2, 0.25) is 0 Å². The molecule has 0 aromatic heterocycles. The largest absolute Gasteiger partial charge is 0.497 e. The van der Waals surface area contributed by atoms with E-state index in [-0.39, 0.29) is 0 Å². The van der Waals surface area contributed by atoms with E-state index in [1.54, 1.807) is 14.2 Å². The Kier molecular flexibility index (Phi) is 6.54. The van der Waals surface area contributed by atoms with Gasteiger partial charge in [-0.05, 0) is 96.9 Å². The number of hydrogen-bond donors (Lipinski definition) is 0. The molecule has 0 bridgehead atoms. The molecule has 0 radical (unpaired) electrons. The maximum absolute atomic E-state index is 6.05. The monoisotopic (exact) mass is 443 g/mol. The van der Waals surface area contributed by atoms with Crippen molar-refractivity contribution in [2.75, 3.05) is 40.5 Å². The molecule has 1 saturated heterocycles. The highest BCUT2D eigenvalue weighted by atomic mass is 16.5. The van der Waals surface area contributed by atoms with E-state index < -0.39 is 0 Å². The third-order valence-corrected chi connectivity index (χ3v) is 7.19. The molecule has 1 aliphatic heterocycles. The summed E-state index contributed by atoms with van der Waals surface area (Å²) in [5.41, 5.74) is 5.42. The molecule has 33 heavy (non-hydrogen) atoms. The summed E-state index contributed by atoms with van der Waals surface area (Å²) in [6.07, 6.45) is 3.63. The average Bonchev–Trinajstić information content (AvgIpc) is 3.52. The molecule has 172 valence electrons. The number of ether oxygens (including phenoxy) is 3. The van der Waals surface area contributed by atoms with Crippen LogP contribution in [0.1, 0.15) is 46.9 Å². The molecule has 0 saturated carbocycles. The van der Waals surface area contributed by atoms with Crippen LogP contribution in [-0.4, -0.2) is 45.4 Å². The number of methoxy groups -OCH3 is 2. The Bertz CT molecular complexity index is 1060. The van der Waals surface area contributed by atoms with Gasteiger partial charge in [0, 0.05) is 12.5 Å². The summed E-state index contributed by atoms with van der Waals surface area (Å²) in [7, 11) is 3.45. The van der Waals surface area contributed by atoms with Gasteiger partial charge in [-0.1, -0.05) is 30.3 Å². The van der Waals surface area contributed by atoms with Crippen molar-refractivity contribution in [3.8, 4) is 17.2 Å². The summed E-state index contributed by atoms with van der Waals surface area (Å²) in [5, 5.41) is 0. The van der Waals surface area contributed by atoms with Crippen molar-refractivity contribution in [3.63, 3.8) is 0 Å². The van der Waals surface area contributed by atoms with Gasteiger partial charge in [0.15, 0.2) is 0 Å². The molecule has 1 heterocycles. The van der Waals surface area contributed by atoms with Crippen LogP contribution in [-0.2, 0) is 6.42 Å². The highest BCUT2D eigenvalue weighted by Gasteiger charge is 2.35. The smallest absolute Gasteiger partial charge is 0.119 e. The summed E-state index contributed by atoms with van der Waals surface area (Å²) in [5.74, 6) is 3.44. The SMILES string of the molecule is COc1ccc(C2Cc3cc(OC)ccc3C2c2ccc(OCCN3CCCC3)cc2)cc1. The summed E-state index contributed by atoms with van der Waals surface area (Å²) in [6, 6.07) is 23.8. The van der Waals surface area contributed by atoms with Crippen molar-refractivity contribution in [1.29, 1.82) is 0 Å². The number of likely N-dealkylation sites (tertiary alicyclic amines) is 1. The van der Waals surface area contributed by atoms with E-state index >= 15 is 0 Å². The van der Waals surface area contributed by atoms with Crippen molar-refractivity contribution in [2.24, 2.45) is 0 Å². The molecular weight excluding hydrogens is 410 g/mol. The maximum Gasteiger partial charge on any atom is 0.119 e. The second kappa shape index (κ2) is 9.88. The normalized spacial score (nSPS) is 19.9. The quantitative estimate of drug-likeness (QED) is 0.450. The molecular formula is C29H33NO3. The van der Waals surface area contributed by atoms with Crippen LogP contribution in [0, 0.1) is 0 Å². The van der Waals surface area contributed by atoms with Crippen LogP contribution in [0.15, 0.2) is 66.7 Å². The van der Waals surface area contributed by atoms with Gasteiger partial charge in [0.05, 0.1) is 14.2 Å². The lowest BCUT2D eigenvalue weighted by molar-refractivity contribution is 0.237. The second-order valence-corrected chi connectivity index (χ2v) is 9.09. The zero-order valence-electron chi connectivity index (χ0n) is 19.6. The fourth-order valence-corrected chi connectivity index (χ4v) is 5.40. The Balaban J connectivity index is 1.38. The maximum atomic E-state index is 6.05. The molecule has 3 aromatic rings. The summed E-state index contributed by atoms with van der Waals surface area (Å²) >= 11 is 0. The fraction of sp³-hybridized carbons (Fsp3) is 0.379. The van der Waals surface area contributed by atoms with E-state index in [9.17, 15) is 0 Å². The predicted molar refractivity (Wildman–Crippen MR) is 132 cm³/mol. The predicted octanol–water partition coefficient (Wildman–Crippen LogP) is 5.65. The van der Waals surface area contributed by atoms with E-state index in [1.165, 1.54) is 48.2 Å². The number of nitrogens with zero attached hydrogens (tertiary/aromatic N) is 1. The van der Waals surface area contributed by atoms with E-state index in [2.05, 4.69) is 71.6 Å². The highest BCUT2D eigenvalue weighted by molar-refractivity contribution is 5.51. The van der Waals surface area contributed by atoms with Crippen molar-refractivity contribution >= 4 is 0 Å². The number of rotatable bonds is 8. The summed E-state index contributed by atoms with van der Waals surface area (Å²) < 4.78 is 16.9. The number of fused-ring (bicyclic) bond motifs is 1. The first kappa shape index (κ1) is 21.8. The molecule has 1 fully saturated rings. The van der Waals surface area contributed by atoms with E-state index in [0.717, 1.165) is 36.8 Å². The summed E-state index contributed by atoms with van der Waals surface area (Å²) in [4.78, 5) is 2.48. The van der Waals surface area contributed by atoms with Gasteiger partial charge in [-0.15, -0.1) is 0 Å². The van der Waals surface area contributed by atoms with Crippen LogP contribution in [0.4, 0.5) is 0 Å². The first-order valence-electron chi connectivity index (χ1n) is 12.0. The van der Waals surface area contributed by atoms with Crippen molar-refractivity contribution in [2.45, 2.75) is 31.1 Å². The Labute approximate surface area is 197 Å². The van der Waals surface area contributed by atoms with Gasteiger partial charge in [-0.3, -0.25) is 4.90 Å². The fourth-order valence-electron chi connectivity index (χ4n) is 5.40. The number of benzene rings is 3. The topological polar surface area (TPSA) is 30.9 Å². The van der Waals surface area contributed by atoms with Crippen molar-refractivity contribution in [1.82, 2.24) is 4.90 Å². The molecule has 1 aliphatic carbocycles. The van der Waals surface area contributed by atoms with Gasteiger partial charge in [0.25, 0.3) is 0 Å². The molecule has 0 spiro atoms. The van der Waals surface area contributed by atoms with E-state index in [0.29, 0.717) is 11.8 Å². The molecule has 3 aromatic carbocycles.